The van der Waals surface area contributed by atoms with Crippen molar-refractivity contribution in [1.29, 1.82) is 0 Å². The van der Waals surface area contributed by atoms with Crippen molar-refractivity contribution in [2.75, 3.05) is 31.6 Å². The molecule has 130 valence electrons. The van der Waals surface area contributed by atoms with E-state index in [1.54, 1.807) is 12.0 Å². The number of carbonyl (C=O) groups is 2. The number of amides is 2. The first-order valence-electron chi connectivity index (χ1n) is 8.73. The molecule has 0 aliphatic carbocycles. The minimum absolute atomic E-state index is 0.00243. The lowest BCUT2D eigenvalue weighted by molar-refractivity contribution is -0.137. The molecular weight excluding hydrogens is 304 g/mol. The van der Waals surface area contributed by atoms with Crippen molar-refractivity contribution < 1.29 is 14.3 Å². The molecule has 2 saturated heterocycles. The molecule has 1 unspecified atom stereocenters. The topological polar surface area (TPSA) is 49.9 Å². The van der Waals surface area contributed by atoms with Gasteiger partial charge < -0.3 is 14.5 Å². The van der Waals surface area contributed by atoms with E-state index < -0.39 is 0 Å². The van der Waals surface area contributed by atoms with Crippen LogP contribution in [0.2, 0.25) is 0 Å². The first kappa shape index (κ1) is 16.8. The lowest BCUT2D eigenvalue weighted by atomic mass is 9.97. The second-order valence-electron chi connectivity index (χ2n) is 7.09. The molecule has 2 fully saturated rings. The van der Waals surface area contributed by atoms with Gasteiger partial charge in [0.15, 0.2) is 0 Å². The van der Waals surface area contributed by atoms with Gasteiger partial charge in [-0.05, 0) is 43.4 Å². The van der Waals surface area contributed by atoms with Gasteiger partial charge in [-0.1, -0.05) is 13.0 Å². The van der Waals surface area contributed by atoms with Crippen LogP contribution in [0.4, 0.5) is 5.69 Å². The Morgan fingerprint density at radius 2 is 1.96 bits per heavy atom. The Bertz CT molecular complexity index is 635. The van der Waals surface area contributed by atoms with Crippen LogP contribution in [-0.4, -0.2) is 43.5 Å². The van der Waals surface area contributed by atoms with Gasteiger partial charge in [-0.25, -0.2) is 0 Å². The minimum atomic E-state index is -0.240. The van der Waals surface area contributed by atoms with Crippen LogP contribution < -0.4 is 9.64 Å². The average Bonchev–Trinajstić information content (AvgIpc) is 2.96. The van der Waals surface area contributed by atoms with Crippen molar-refractivity contribution >= 4 is 17.5 Å². The Morgan fingerprint density at radius 3 is 2.62 bits per heavy atom. The van der Waals surface area contributed by atoms with Crippen molar-refractivity contribution in [2.45, 2.75) is 33.1 Å². The van der Waals surface area contributed by atoms with Crippen LogP contribution in [0.3, 0.4) is 0 Å². The highest BCUT2D eigenvalue weighted by molar-refractivity contribution is 6.01. The van der Waals surface area contributed by atoms with Crippen molar-refractivity contribution in [3.8, 4) is 5.75 Å². The number of likely N-dealkylation sites (tertiary alicyclic amines) is 1. The molecule has 5 nitrogen and oxygen atoms in total. The van der Waals surface area contributed by atoms with Gasteiger partial charge in [-0.15, -0.1) is 0 Å². The van der Waals surface area contributed by atoms with E-state index in [0.717, 1.165) is 37.2 Å². The molecule has 3 rings (SSSR count). The average molecular weight is 330 g/mol. The number of hydrogen-bond acceptors (Lipinski definition) is 3. The SMILES string of the molecule is COc1ccc(C)cc1N1CC(C(=O)N2CCC(C)CC2)CC1=O. The van der Waals surface area contributed by atoms with E-state index in [0.29, 0.717) is 24.6 Å². The number of methoxy groups -OCH3 is 1. The number of ether oxygens (including phenoxy) is 1. The molecule has 1 atom stereocenters. The van der Waals surface area contributed by atoms with Crippen molar-refractivity contribution in [3.63, 3.8) is 0 Å². The summed E-state index contributed by atoms with van der Waals surface area (Å²) in [5, 5.41) is 0. The second-order valence-corrected chi connectivity index (χ2v) is 7.09. The van der Waals surface area contributed by atoms with E-state index in [1.165, 1.54) is 0 Å². The summed E-state index contributed by atoms with van der Waals surface area (Å²) in [6, 6.07) is 5.78. The molecule has 0 saturated carbocycles. The fourth-order valence-corrected chi connectivity index (χ4v) is 3.60. The van der Waals surface area contributed by atoms with Crippen LogP contribution in [0.5, 0.6) is 5.75 Å². The zero-order valence-corrected chi connectivity index (χ0v) is 14.7. The fraction of sp³-hybridized carbons (Fsp3) is 0.579. The smallest absolute Gasteiger partial charge is 0.228 e. The maximum atomic E-state index is 12.8. The number of carbonyl (C=O) groups excluding carboxylic acids is 2. The number of aryl methyl sites for hydroxylation is 1. The third-order valence-corrected chi connectivity index (χ3v) is 5.19. The highest BCUT2D eigenvalue weighted by Crippen LogP contribution is 2.34. The Labute approximate surface area is 143 Å². The van der Waals surface area contributed by atoms with Crippen LogP contribution in [0, 0.1) is 18.8 Å². The summed E-state index contributed by atoms with van der Waals surface area (Å²) < 4.78 is 5.40. The normalized spacial score (nSPS) is 22.1. The lowest BCUT2D eigenvalue weighted by Gasteiger charge is -2.32. The van der Waals surface area contributed by atoms with Gasteiger partial charge in [0, 0.05) is 26.1 Å². The highest BCUT2D eigenvalue weighted by Gasteiger charge is 2.38. The molecule has 5 heteroatoms. The molecule has 2 aliphatic heterocycles. The Morgan fingerprint density at radius 1 is 1.25 bits per heavy atom. The summed E-state index contributed by atoms with van der Waals surface area (Å²) in [5.41, 5.74) is 1.84. The van der Waals surface area contributed by atoms with Crippen molar-refractivity contribution in [3.05, 3.63) is 23.8 Å². The number of piperidine rings is 1. The second kappa shape index (κ2) is 6.83. The highest BCUT2D eigenvalue weighted by atomic mass is 16.5. The maximum Gasteiger partial charge on any atom is 0.228 e. The summed E-state index contributed by atoms with van der Waals surface area (Å²) in [7, 11) is 1.60. The van der Waals surface area contributed by atoms with E-state index in [-0.39, 0.29) is 17.7 Å². The van der Waals surface area contributed by atoms with Gasteiger partial charge in [-0.3, -0.25) is 9.59 Å². The molecule has 0 spiro atoms. The van der Waals surface area contributed by atoms with Gasteiger partial charge in [0.2, 0.25) is 11.8 Å². The van der Waals surface area contributed by atoms with Crippen LogP contribution in [0.25, 0.3) is 0 Å². The maximum absolute atomic E-state index is 12.8. The summed E-state index contributed by atoms with van der Waals surface area (Å²) >= 11 is 0. The standard InChI is InChI=1S/C19H26N2O3/c1-13-6-8-20(9-7-13)19(23)15-11-18(22)21(12-15)16-10-14(2)4-5-17(16)24-3/h4-5,10,13,15H,6-9,11-12H2,1-3H3. The van der Waals surface area contributed by atoms with Crippen LogP contribution >= 0.6 is 0 Å². The van der Waals surface area contributed by atoms with Crippen LogP contribution in [-0.2, 0) is 9.59 Å². The Hall–Kier alpha value is -2.04. The van der Waals surface area contributed by atoms with E-state index in [1.807, 2.05) is 30.0 Å². The molecule has 0 aromatic heterocycles. The van der Waals surface area contributed by atoms with Crippen molar-refractivity contribution in [1.82, 2.24) is 4.90 Å². The Balaban J connectivity index is 1.74. The molecule has 2 heterocycles. The summed E-state index contributed by atoms with van der Waals surface area (Å²) in [6.45, 7) is 6.30. The van der Waals surface area contributed by atoms with E-state index >= 15 is 0 Å². The van der Waals surface area contributed by atoms with Gasteiger partial charge in [0.25, 0.3) is 0 Å². The molecule has 1 aromatic carbocycles. The molecule has 1 aromatic rings. The first-order valence-corrected chi connectivity index (χ1v) is 8.73. The lowest BCUT2D eigenvalue weighted by Crippen LogP contribution is -2.42. The van der Waals surface area contributed by atoms with Crippen molar-refractivity contribution in [2.24, 2.45) is 11.8 Å². The number of benzene rings is 1. The molecule has 0 N–H and O–H groups in total. The predicted octanol–water partition coefficient (Wildman–Crippen LogP) is 2.62. The zero-order chi connectivity index (χ0) is 17.3. The molecular formula is C19H26N2O3. The van der Waals surface area contributed by atoms with Crippen LogP contribution in [0.1, 0.15) is 31.7 Å². The number of anilines is 1. The van der Waals surface area contributed by atoms with E-state index in [2.05, 4.69) is 6.92 Å². The van der Waals surface area contributed by atoms with Gasteiger partial charge in [0.05, 0.1) is 18.7 Å². The Kier molecular flexibility index (Phi) is 4.78. The molecule has 0 radical (unpaired) electrons. The minimum Gasteiger partial charge on any atom is -0.495 e. The third kappa shape index (κ3) is 3.25. The molecule has 24 heavy (non-hydrogen) atoms. The van der Waals surface area contributed by atoms with E-state index in [4.69, 9.17) is 4.74 Å². The first-order chi connectivity index (χ1) is 11.5. The quantitative estimate of drug-likeness (QED) is 0.856. The summed E-state index contributed by atoms with van der Waals surface area (Å²) in [5.74, 6) is 1.25. The summed E-state index contributed by atoms with van der Waals surface area (Å²) in [6.07, 6.45) is 2.41. The van der Waals surface area contributed by atoms with Gasteiger partial charge in [0.1, 0.15) is 5.75 Å². The largest absolute Gasteiger partial charge is 0.495 e. The molecule has 2 aliphatic rings. The predicted molar refractivity (Wildman–Crippen MR) is 93.2 cm³/mol. The van der Waals surface area contributed by atoms with E-state index in [9.17, 15) is 9.59 Å². The number of nitrogens with zero attached hydrogens (tertiary/aromatic N) is 2. The van der Waals surface area contributed by atoms with Gasteiger partial charge in [-0.2, -0.15) is 0 Å². The monoisotopic (exact) mass is 330 g/mol. The number of hydrogen-bond donors (Lipinski definition) is 0. The third-order valence-electron chi connectivity index (χ3n) is 5.19. The molecule has 2 amide bonds. The molecule has 0 bridgehead atoms. The zero-order valence-electron chi connectivity index (χ0n) is 14.7. The summed E-state index contributed by atoms with van der Waals surface area (Å²) in [4.78, 5) is 28.9. The number of rotatable bonds is 3. The fourth-order valence-electron chi connectivity index (χ4n) is 3.60. The van der Waals surface area contributed by atoms with Gasteiger partial charge >= 0.3 is 0 Å². The van der Waals surface area contributed by atoms with Crippen LogP contribution in [0.15, 0.2) is 18.2 Å².